The van der Waals surface area contributed by atoms with Crippen molar-refractivity contribution >= 4 is 23.6 Å². The van der Waals surface area contributed by atoms with Crippen LogP contribution in [0, 0.1) is 6.92 Å². The Morgan fingerprint density at radius 3 is 2.50 bits per heavy atom. The largest absolute Gasteiger partial charge is 0.480 e. The number of carboxylic acids is 1. The second-order valence-corrected chi connectivity index (χ2v) is 5.73. The SMILES string of the molecule is Cc1ccc(CN(C)C(=O)CSCC(N)C(=O)O)cc1. The molecule has 1 aromatic rings. The first kappa shape index (κ1) is 16.5. The number of nitrogens with two attached hydrogens (primary N) is 1. The second-order valence-electron chi connectivity index (χ2n) is 4.70. The summed E-state index contributed by atoms with van der Waals surface area (Å²) < 4.78 is 0. The van der Waals surface area contributed by atoms with Gasteiger partial charge in [-0.1, -0.05) is 29.8 Å². The van der Waals surface area contributed by atoms with E-state index in [9.17, 15) is 9.59 Å². The highest BCUT2D eigenvalue weighted by Gasteiger charge is 2.14. The van der Waals surface area contributed by atoms with Crippen LogP contribution in [0.5, 0.6) is 0 Å². The minimum absolute atomic E-state index is 0.0341. The molecule has 0 aliphatic heterocycles. The van der Waals surface area contributed by atoms with Gasteiger partial charge in [0.2, 0.25) is 5.91 Å². The monoisotopic (exact) mass is 296 g/mol. The maximum absolute atomic E-state index is 11.9. The average Bonchev–Trinajstić information content (AvgIpc) is 2.40. The van der Waals surface area contributed by atoms with Gasteiger partial charge in [-0.15, -0.1) is 11.8 Å². The fourth-order valence-corrected chi connectivity index (χ4v) is 2.42. The molecule has 5 nitrogen and oxygen atoms in total. The Bertz CT molecular complexity index is 462. The Hall–Kier alpha value is -1.53. The normalized spacial score (nSPS) is 11.9. The standard InChI is InChI=1S/C14H20N2O3S/c1-10-3-5-11(6-4-10)7-16(2)13(17)9-20-8-12(15)14(18)19/h3-6,12H,7-9,15H2,1-2H3,(H,18,19). The lowest BCUT2D eigenvalue weighted by Crippen LogP contribution is -2.34. The Kier molecular flexibility index (Phi) is 6.54. The van der Waals surface area contributed by atoms with Crippen LogP contribution in [0.4, 0.5) is 0 Å². The summed E-state index contributed by atoms with van der Waals surface area (Å²) in [6.07, 6.45) is 0. The zero-order chi connectivity index (χ0) is 15.1. The van der Waals surface area contributed by atoms with E-state index in [2.05, 4.69) is 0 Å². The molecule has 0 spiro atoms. The molecule has 1 atom stereocenters. The lowest BCUT2D eigenvalue weighted by Gasteiger charge is -2.17. The van der Waals surface area contributed by atoms with Crippen LogP contribution in [-0.4, -0.2) is 46.5 Å². The highest BCUT2D eigenvalue weighted by molar-refractivity contribution is 8.00. The van der Waals surface area contributed by atoms with Crippen LogP contribution in [-0.2, 0) is 16.1 Å². The number of aliphatic carboxylic acids is 1. The summed E-state index contributed by atoms with van der Waals surface area (Å²) in [5, 5.41) is 8.64. The summed E-state index contributed by atoms with van der Waals surface area (Å²) in [4.78, 5) is 24.1. The third kappa shape index (κ3) is 5.63. The van der Waals surface area contributed by atoms with Crippen molar-refractivity contribution < 1.29 is 14.7 Å². The molecule has 0 aromatic heterocycles. The van der Waals surface area contributed by atoms with Gasteiger partial charge >= 0.3 is 5.97 Å². The minimum Gasteiger partial charge on any atom is -0.480 e. The molecular formula is C14H20N2O3S. The van der Waals surface area contributed by atoms with Gasteiger partial charge in [0.15, 0.2) is 0 Å². The summed E-state index contributed by atoms with van der Waals surface area (Å²) in [5.41, 5.74) is 7.62. The fraction of sp³-hybridized carbons (Fsp3) is 0.429. The van der Waals surface area contributed by atoms with E-state index in [1.54, 1.807) is 11.9 Å². The van der Waals surface area contributed by atoms with Crippen molar-refractivity contribution in [1.29, 1.82) is 0 Å². The number of aryl methyl sites for hydroxylation is 1. The van der Waals surface area contributed by atoms with E-state index < -0.39 is 12.0 Å². The summed E-state index contributed by atoms with van der Waals surface area (Å²) >= 11 is 1.24. The lowest BCUT2D eigenvalue weighted by molar-refractivity contribution is -0.138. The highest BCUT2D eigenvalue weighted by atomic mass is 32.2. The summed E-state index contributed by atoms with van der Waals surface area (Å²) in [6, 6.07) is 7.08. The molecule has 0 heterocycles. The third-order valence-corrected chi connectivity index (χ3v) is 3.85. The van der Waals surface area contributed by atoms with Crippen molar-refractivity contribution in [3.05, 3.63) is 35.4 Å². The Labute approximate surface area is 123 Å². The molecule has 110 valence electrons. The first-order valence-corrected chi connectivity index (χ1v) is 7.41. The average molecular weight is 296 g/mol. The predicted molar refractivity (Wildman–Crippen MR) is 80.6 cm³/mol. The fourth-order valence-electron chi connectivity index (χ4n) is 1.51. The number of rotatable bonds is 7. The van der Waals surface area contributed by atoms with Crippen molar-refractivity contribution in [1.82, 2.24) is 4.90 Å². The van der Waals surface area contributed by atoms with E-state index in [4.69, 9.17) is 10.8 Å². The van der Waals surface area contributed by atoms with E-state index in [0.717, 1.165) is 5.56 Å². The van der Waals surface area contributed by atoms with Crippen molar-refractivity contribution in [2.24, 2.45) is 5.73 Å². The first-order valence-electron chi connectivity index (χ1n) is 6.25. The van der Waals surface area contributed by atoms with E-state index in [1.165, 1.54) is 17.3 Å². The number of amides is 1. The molecule has 1 aromatic carbocycles. The number of carbonyl (C=O) groups is 2. The topological polar surface area (TPSA) is 83.6 Å². The van der Waals surface area contributed by atoms with Crippen molar-refractivity contribution in [3.63, 3.8) is 0 Å². The van der Waals surface area contributed by atoms with Gasteiger partial charge in [0, 0.05) is 19.3 Å². The van der Waals surface area contributed by atoms with Gasteiger partial charge in [-0.25, -0.2) is 0 Å². The molecule has 0 saturated heterocycles. The molecule has 0 radical (unpaired) electrons. The van der Waals surface area contributed by atoms with Crippen molar-refractivity contribution in [2.45, 2.75) is 19.5 Å². The lowest BCUT2D eigenvalue weighted by atomic mass is 10.1. The highest BCUT2D eigenvalue weighted by Crippen LogP contribution is 2.08. The van der Waals surface area contributed by atoms with Gasteiger partial charge in [0.1, 0.15) is 6.04 Å². The molecule has 1 amide bonds. The number of nitrogens with zero attached hydrogens (tertiary/aromatic N) is 1. The number of carbonyl (C=O) groups excluding carboxylic acids is 1. The summed E-state index contributed by atoms with van der Waals surface area (Å²) in [7, 11) is 1.74. The van der Waals surface area contributed by atoms with E-state index in [-0.39, 0.29) is 17.4 Å². The number of hydrogen-bond acceptors (Lipinski definition) is 4. The van der Waals surface area contributed by atoms with Gasteiger partial charge in [0.05, 0.1) is 5.75 Å². The molecule has 3 N–H and O–H groups in total. The smallest absolute Gasteiger partial charge is 0.321 e. The van der Waals surface area contributed by atoms with Crippen LogP contribution >= 0.6 is 11.8 Å². The Morgan fingerprint density at radius 2 is 1.95 bits per heavy atom. The molecule has 0 aliphatic rings. The van der Waals surface area contributed by atoms with Crippen LogP contribution in [0.15, 0.2) is 24.3 Å². The van der Waals surface area contributed by atoms with Gasteiger partial charge in [-0.05, 0) is 12.5 Å². The molecule has 1 rings (SSSR count). The van der Waals surface area contributed by atoms with E-state index in [1.807, 2.05) is 31.2 Å². The van der Waals surface area contributed by atoms with Crippen LogP contribution in [0.2, 0.25) is 0 Å². The van der Waals surface area contributed by atoms with Crippen molar-refractivity contribution in [2.75, 3.05) is 18.6 Å². The Morgan fingerprint density at radius 1 is 1.35 bits per heavy atom. The van der Waals surface area contributed by atoms with Gasteiger partial charge in [-0.2, -0.15) is 0 Å². The molecule has 0 saturated carbocycles. The number of hydrogen-bond donors (Lipinski definition) is 2. The summed E-state index contributed by atoms with van der Waals surface area (Å²) in [5.74, 6) is -0.603. The number of carboxylic acid groups (broad SMARTS) is 1. The maximum atomic E-state index is 11.9. The van der Waals surface area contributed by atoms with Gasteiger partial charge < -0.3 is 15.7 Å². The van der Waals surface area contributed by atoms with Crippen LogP contribution in [0.3, 0.4) is 0 Å². The number of thioether (sulfide) groups is 1. The molecule has 6 heteroatoms. The van der Waals surface area contributed by atoms with Crippen LogP contribution in [0.1, 0.15) is 11.1 Å². The minimum atomic E-state index is -1.04. The van der Waals surface area contributed by atoms with Crippen molar-refractivity contribution in [3.8, 4) is 0 Å². The van der Waals surface area contributed by atoms with Gasteiger partial charge in [-0.3, -0.25) is 9.59 Å². The second kappa shape index (κ2) is 7.91. The molecule has 0 bridgehead atoms. The molecule has 0 aliphatic carbocycles. The van der Waals surface area contributed by atoms with Gasteiger partial charge in [0.25, 0.3) is 0 Å². The summed E-state index contributed by atoms with van der Waals surface area (Å²) in [6.45, 7) is 2.56. The van der Waals surface area contributed by atoms with E-state index in [0.29, 0.717) is 6.54 Å². The Balaban J connectivity index is 2.35. The van der Waals surface area contributed by atoms with E-state index >= 15 is 0 Å². The molecule has 20 heavy (non-hydrogen) atoms. The molecular weight excluding hydrogens is 276 g/mol. The van der Waals surface area contributed by atoms with Crippen LogP contribution < -0.4 is 5.73 Å². The quantitative estimate of drug-likeness (QED) is 0.787. The maximum Gasteiger partial charge on any atom is 0.321 e. The molecule has 1 unspecified atom stereocenters. The molecule has 0 fully saturated rings. The third-order valence-electron chi connectivity index (χ3n) is 2.81. The zero-order valence-corrected chi connectivity index (χ0v) is 12.5. The number of benzene rings is 1. The first-order chi connectivity index (χ1) is 9.40. The predicted octanol–water partition coefficient (Wildman–Crippen LogP) is 1.10. The zero-order valence-electron chi connectivity index (χ0n) is 11.7. The van der Waals surface area contributed by atoms with Crippen LogP contribution in [0.25, 0.3) is 0 Å².